The van der Waals surface area contributed by atoms with Gasteiger partial charge in [0.25, 0.3) is 0 Å². The zero-order chi connectivity index (χ0) is 18.0. The van der Waals surface area contributed by atoms with Gasteiger partial charge in [0.15, 0.2) is 0 Å². The lowest BCUT2D eigenvalue weighted by atomic mass is 9.94. The smallest absolute Gasteiger partial charge is 0.335 e. The van der Waals surface area contributed by atoms with Crippen LogP contribution in [0.4, 0.5) is 0 Å². The number of sulfonamides is 1. The normalized spacial score (nSPS) is 18.4. The molecule has 7 heteroatoms. The number of aromatic carboxylic acids is 1. The first-order valence-corrected chi connectivity index (χ1v) is 9.92. The average Bonchev–Trinajstić information content (AvgIpc) is 3.04. The molecule has 0 unspecified atom stereocenters. The molecule has 0 bridgehead atoms. The van der Waals surface area contributed by atoms with Crippen LogP contribution < -0.4 is 0 Å². The summed E-state index contributed by atoms with van der Waals surface area (Å²) in [6.45, 7) is 1.07. The lowest BCUT2D eigenvalue weighted by Gasteiger charge is -2.15. The van der Waals surface area contributed by atoms with Crippen molar-refractivity contribution in [2.75, 3.05) is 19.3 Å². The van der Waals surface area contributed by atoms with Crippen LogP contribution >= 0.6 is 0 Å². The molecule has 0 saturated carbocycles. The Hall–Kier alpha value is -2.25. The minimum Gasteiger partial charge on any atom is -0.478 e. The molecule has 1 atom stereocenters. The first kappa shape index (κ1) is 17.6. The standard InChI is InChI=1S/C18H20N2O4S/c1-25(23,24)20-9-7-13(12-20)10-14-6-3-8-19-17(14)15-4-2-5-16(11-15)18(21)22/h2-6,8,11,13H,7,9-10,12H2,1H3,(H,21,22)/t13-/m1/s1. The molecule has 1 aromatic carbocycles. The third kappa shape index (κ3) is 4.05. The summed E-state index contributed by atoms with van der Waals surface area (Å²) in [5, 5.41) is 9.18. The third-order valence-corrected chi connectivity index (χ3v) is 5.77. The van der Waals surface area contributed by atoms with Crippen molar-refractivity contribution in [1.29, 1.82) is 0 Å². The molecule has 1 aliphatic rings. The van der Waals surface area contributed by atoms with Gasteiger partial charge in [0.05, 0.1) is 17.5 Å². The van der Waals surface area contributed by atoms with Gasteiger partial charge in [-0.1, -0.05) is 18.2 Å². The van der Waals surface area contributed by atoms with Gasteiger partial charge in [0.1, 0.15) is 0 Å². The molecule has 1 fully saturated rings. The molecule has 132 valence electrons. The van der Waals surface area contributed by atoms with E-state index in [1.54, 1.807) is 24.4 Å². The summed E-state index contributed by atoms with van der Waals surface area (Å²) in [6, 6.07) is 10.5. The first-order valence-electron chi connectivity index (χ1n) is 8.07. The van der Waals surface area contributed by atoms with E-state index in [4.69, 9.17) is 0 Å². The van der Waals surface area contributed by atoms with E-state index in [9.17, 15) is 18.3 Å². The Labute approximate surface area is 147 Å². The van der Waals surface area contributed by atoms with Gasteiger partial charge >= 0.3 is 5.97 Å². The number of carboxylic acids is 1. The number of aromatic nitrogens is 1. The summed E-state index contributed by atoms with van der Waals surface area (Å²) in [5.74, 6) is -0.737. The largest absolute Gasteiger partial charge is 0.478 e. The number of nitrogens with zero attached hydrogens (tertiary/aromatic N) is 2. The number of carbonyl (C=O) groups is 1. The molecular weight excluding hydrogens is 340 g/mol. The van der Waals surface area contributed by atoms with Crippen LogP contribution in [0.3, 0.4) is 0 Å². The van der Waals surface area contributed by atoms with E-state index >= 15 is 0 Å². The Morgan fingerprint density at radius 3 is 2.80 bits per heavy atom. The molecule has 0 radical (unpaired) electrons. The van der Waals surface area contributed by atoms with Gasteiger partial charge in [0.2, 0.25) is 10.0 Å². The van der Waals surface area contributed by atoms with E-state index in [0.717, 1.165) is 23.2 Å². The van der Waals surface area contributed by atoms with Gasteiger partial charge in [-0.15, -0.1) is 0 Å². The molecule has 1 saturated heterocycles. The van der Waals surface area contributed by atoms with E-state index in [0.29, 0.717) is 19.5 Å². The van der Waals surface area contributed by atoms with Crippen molar-refractivity contribution < 1.29 is 18.3 Å². The molecule has 2 aromatic rings. The summed E-state index contributed by atoms with van der Waals surface area (Å²) >= 11 is 0. The van der Waals surface area contributed by atoms with E-state index in [1.807, 2.05) is 18.2 Å². The summed E-state index contributed by atoms with van der Waals surface area (Å²) < 4.78 is 24.9. The zero-order valence-corrected chi connectivity index (χ0v) is 14.7. The van der Waals surface area contributed by atoms with E-state index in [2.05, 4.69) is 4.98 Å². The van der Waals surface area contributed by atoms with Crippen molar-refractivity contribution in [3.05, 3.63) is 53.7 Å². The van der Waals surface area contributed by atoms with Crippen LogP contribution in [0.5, 0.6) is 0 Å². The molecule has 1 aliphatic heterocycles. The van der Waals surface area contributed by atoms with Crippen LogP contribution in [0, 0.1) is 5.92 Å². The highest BCUT2D eigenvalue weighted by Gasteiger charge is 2.29. The minimum atomic E-state index is -3.15. The average molecular weight is 360 g/mol. The van der Waals surface area contributed by atoms with Crippen LogP contribution in [0.1, 0.15) is 22.3 Å². The Bertz CT molecular complexity index is 895. The molecule has 3 rings (SSSR count). The van der Waals surface area contributed by atoms with Crippen LogP contribution in [-0.2, 0) is 16.4 Å². The molecule has 25 heavy (non-hydrogen) atoms. The fourth-order valence-electron chi connectivity index (χ4n) is 3.24. The summed E-state index contributed by atoms with van der Waals surface area (Å²) in [5.41, 5.74) is 2.74. The van der Waals surface area contributed by atoms with Crippen molar-refractivity contribution in [3.8, 4) is 11.3 Å². The number of hydrogen-bond acceptors (Lipinski definition) is 4. The molecule has 0 spiro atoms. The predicted molar refractivity (Wildman–Crippen MR) is 94.9 cm³/mol. The van der Waals surface area contributed by atoms with Crippen molar-refractivity contribution in [3.63, 3.8) is 0 Å². The molecular formula is C18H20N2O4S. The highest BCUT2D eigenvalue weighted by Crippen LogP contribution is 2.28. The maximum atomic E-state index is 11.7. The second kappa shape index (κ2) is 6.93. The number of pyridine rings is 1. The SMILES string of the molecule is CS(=O)(=O)N1CC[C@H](Cc2cccnc2-c2cccc(C(=O)O)c2)C1. The maximum Gasteiger partial charge on any atom is 0.335 e. The Kier molecular flexibility index (Phi) is 4.87. The second-order valence-corrected chi connectivity index (χ2v) is 8.36. The highest BCUT2D eigenvalue weighted by atomic mass is 32.2. The highest BCUT2D eigenvalue weighted by molar-refractivity contribution is 7.88. The monoisotopic (exact) mass is 360 g/mol. The Balaban J connectivity index is 1.85. The lowest BCUT2D eigenvalue weighted by Crippen LogP contribution is -2.27. The predicted octanol–water partition coefficient (Wildman–Crippen LogP) is 2.27. The van der Waals surface area contributed by atoms with Gasteiger partial charge < -0.3 is 5.11 Å². The van der Waals surface area contributed by atoms with Gasteiger partial charge in [-0.25, -0.2) is 17.5 Å². The van der Waals surface area contributed by atoms with E-state index < -0.39 is 16.0 Å². The van der Waals surface area contributed by atoms with Crippen LogP contribution in [0.15, 0.2) is 42.6 Å². The first-order chi connectivity index (χ1) is 11.8. The number of carboxylic acid groups (broad SMARTS) is 1. The number of hydrogen-bond donors (Lipinski definition) is 1. The summed E-state index contributed by atoms with van der Waals surface area (Å²) in [7, 11) is -3.15. The summed E-state index contributed by atoms with van der Waals surface area (Å²) in [4.78, 5) is 15.6. The lowest BCUT2D eigenvalue weighted by molar-refractivity contribution is 0.0697. The van der Waals surface area contributed by atoms with Gasteiger partial charge in [-0.05, 0) is 42.5 Å². The Morgan fingerprint density at radius 2 is 2.12 bits per heavy atom. The quantitative estimate of drug-likeness (QED) is 0.884. The van der Waals surface area contributed by atoms with E-state index in [-0.39, 0.29) is 11.5 Å². The van der Waals surface area contributed by atoms with Crippen molar-refractivity contribution in [2.24, 2.45) is 5.92 Å². The zero-order valence-electron chi connectivity index (χ0n) is 13.9. The minimum absolute atomic E-state index is 0.221. The van der Waals surface area contributed by atoms with E-state index in [1.165, 1.54) is 10.6 Å². The van der Waals surface area contributed by atoms with Gasteiger partial charge in [0, 0.05) is 24.8 Å². The molecule has 6 nitrogen and oxygen atoms in total. The molecule has 1 aromatic heterocycles. The molecule has 2 heterocycles. The topological polar surface area (TPSA) is 87.6 Å². The fourth-order valence-corrected chi connectivity index (χ4v) is 4.16. The molecule has 1 N–H and O–H groups in total. The Morgan fingerprint density at radius 1 is 1.32 bits per heavy atom. The second-order valence-electron chi connectivity index (χ2n) is 6.38. The maximum absolute atomic E-state index is 11.7. The van der Waals surface area contributed by atoms with Crippen LogP contribution in [0.2, 0.25) is 0 Å². The molecule has 0 amide bonds. The number of benzene rings is 1. The molecule has 0 aliphatic carbocycles. The van der Waals surface area contributed by atoms with Crippen molar-refractivity contribution in [1.82, 2.24) is 9.29 Å². The third-order valence-electron chi connectivity index (χ3n) is 4.50. The van der Waals surface area contributed by atoms with Gasteiger partial charge in [-0.3, -0.25) is 4.98 Å². The van der Waals surface area contributed by atoms with Crippen molar-refractivity contribution in [2.45, 2.75) is 12.8 Å². The number of rotatable bonds is 5. The van der Waals surface area contributed by atoms with Gasteiger partial charge in [-0.2, -0.15) is 0 Å². The van der Waals surface area contributed by atoms with Crippen LogP contribution in [-0.4, -0.2) is 48.1 Å². The van der Waals surface area contributed by atoms with Crippen molar-refractivity contribution >= 4 is 16.0 Å². The fraction of sp³-hybridized carbons (Fsp3) is 0.333. The summed E-state index contributed by atoms with van der Waals surface area (Å²) in [6.07, 6.45) is 4.45. The van der Waals surface area contributed by atoms with Crippen LogP contribution in [0.25, 0.3) is 11.3 Å².